The third kappa shape index (κ3) is 4.45. The van der Waals surface area contributed by atoms with Crippen LogP contribution in [0.1, 0.15) is 11.1 Å². The Morgan fingerprint density at radius 2 is 1.69 bits per heavy atom. The molecule has 2 rings (SSSR count). The van der Waals surface area contributed by atoms with Crippen molar-refractivity contribution >= 4 is 34.9 Å². The summed E-state index contributed by atoms with van der Waals surface area (Å²) in [5, 5.41) is 25.3. The summed E-state index contributed by atoms with van der Waals surface area (Å²) < 4.78 is 37.9. The van der Waals surface area contributed by atoms with Crippen molar-refractivity contribution in [3.8, 4) is 0 Å². The molecule has 0 heterocycles. The predicted molar refractivity (Wildman–Crippen MR) is 87.4 cm³/mol. The van der Waals surface area contributed by atoms with Crippen LogP contribution in [0.3, 0.4) is 0 Å². The van der Waals surface area contributed by atoms with E-state index in [0.717, 1.165) is 18.3 Å². The third-order valence-electron chi connectivity index (χ3n) is 3.09. The zero-order valence-corrected chi connectivity index (χ0v) is 13.3. The van der Waals surface area contributed by atoms with Crippen LogP contribution in [0.5, 0.6) is 0 Å². The molecule has 0 fully saturated rings. The first-order chi connectivity index (χ1) is 12.1. The summed E-state index contributed by atoms with van der Waals surface area (Å²) in [4.78, 5) is 20.1. The number of nitrogens with one attached hydrogen (secondary N) is 1. The molecule has 136 valence electrons. The Labute approximate surface area is 148 Å². The number of nitro groups is 2. The SMILES string of the molecule is O=[N+]([O-])c1cc(/C=N/Nc2ccc(C(F)(F)F)cc2[N+](=O)[O-])ccc1Cl. The molecule has 0 saturated carbocycles. The molecular weight excluding hydrogens is 381 g/mol. The molecule has 26 heavy (non-hydrogen) atoms. The molecule has 0 unspecified atom stereocenters. The van der Waals surface area contributed by atoms with E-state index < -0.39 is 27.3 Å². The minimum atomic E-state index is -4.73. The van der Waals surface area contributed by atoms with Crippen molar-refractivity contribution in [2.24, 2.45) is 5.10 Å². The van der Waals surface area contributed by atoms with E-state index in [0.29, 0.717) is 12.1 Å². The second-order valence-electron chi connectivity index (χ2n) is 4.82. The van der Waals surface area contributed by atoms with Gasteiger partial charge in [0, 0.05) is 17.7 Å². The Hall–Kier alpha value is -3.21. The van der Waals surface area contributed by atoms with Crippen LogP contribution in [0, 0.1) is 20.2 Å². The smallest absolute Gasteiger partial charge is 0.272 e. The van der Waals surface area contributed by atoms with Gasteiger partial charge in [-0.05, 0) is 18.2 Å². The molecule has 0 amide bonds. The van der Waals surface area contributed by atoms with Crippen LogP contribution in [0.4, 0.5) is 30.2 Å². The van der Waals surface area contributed by atoms with E-state index in [4.69, 9.17) is 11.6 Å². The predicted octanol–water partition coefficient (Wildman–Crippen LogP) is 4.62. The van der Waals surface area contributed by atoms with Crippen LogP contribution in [0.2, 0.25) is 5.02 Å². The molecule has 2 aromatic rings. The summed E-state index contributed by atoms with van der Waals surface area (Å²) in [6.07, 6.45) is -3.63. The topological polar surface area (TPSA) is 111 Å². The molecular formula is C14H8ClF3N4O4. The maximum absolute atomic E-state index is 12.6. The van der Waals surface area contributed by atoms with Gasteiger partial charge in [-0.25, -0.2) is 0 Å². The van der Waals surface area contributed by atoms with Crippen LogP contribution in [-0.4, -0.2) is 16.1 Å². The van der Waals surface area contributed by atoms with Crippen molar-refractivity contribution in [3.63, 3.8) is 0 Å². The van der Waals surface area contributed by atoms with Crippen molar-refractivity contribution in [2.45, 2.75) is 6.18 Å². The van der Waals surface area contributed by atoms with Crippen LogP contribution in [0.15, 0.2) is 41.5 Å². The molecule has 12 heteroatoms. The summed E-state index contributed by atoms with van der Waals surface area (Å²) in [5.41, 5.74) is -0.139. The maximum atomic E-state index is 12.6. The minimum Gasteiger partial charge on any atom is -0.272 e. The van der Waals surface area contributed by atoms with Gasteiger partial charge < -0.3 is 0 Å². The molecule has 1 N–H and O–H groups in total. The Bertz CT molecular complexity index is 902. The lowest BCUT2D eigenvalue weighted by Gasteiger charge is -2.08. The van der Waals surface area contributed by atoms with Crippen molar-refractivity contribution in [3.05, 3.63) is 72.8 Å². The van der Waals surface area contributed by atoms with Gasteiger partial charge in [-0.1, -0.05) is 17.7 Å². The van der Waals surface area contributed by atoms with Gasteiger partial charge in [-0.2, -0.15) is 18.3 Å². The van der Waals surface area contributed by atoms with Gasteiger partial charge in [0.15, 0.2) is 0 Å². The van der Waals surface area contributed by atoms with Crippen molar-refractivity contribution in [2.75, 3.05) is 5.43 Å². The zero-order valence-electron chi connectivity index (χ0n) is 12.5. The molecule has 0 aliphatic rings. The van der Waals surface area contributed by atoms with Crippen LogP contribution >= 0.6 is 11.6 Å². The first-order valence-electron chi connectivity index (χ1n) is 6.68. The van der Waals surface area contributed by atoms with Gasteiger partial charge in [0.2, 0.25) is 0 Å². The van der Waals surface area contributed by atoms with Crippen LogP contribution in [0.25, 0.3) is 0 Å². The maximum Gasteiger partial charge on any atom is 0.416 e. The fraction of sp³-hybridized carbons (Fsp3) is 0.0714. The van der Waals surface area contributed by atoms with E-state index >= 15 is 0 Å². The van der Waals surface area contributed by atoms with E-state index in [1.165, 1.54) is 12.1 Å². The number of nitrogens with zero attached hydrogens (tertiary/aromatic N) is 3. The first kappa shape index (κ1) is 19.1. The highest BCUT2D eigenvalue weighted by Crippen LogP contribution is 2.35. The summed E-state index contributed by atoms with van der Waals surface area (Å²) in [7, 11) is 0. The highest BCUT2D eigenvalue weighted by Gasteiger charge is 2.33. The normalized spacial score (nSPS) is 11.5. The lowest BCUT2D eigenvalue weighted by molar-refractivity contribution is -0.384. The monoisotopic (exact) mass is 388 g/mol. The Morgan fingerprint density at radius 3 is 2.27 bits per heavy atom. The average molecular weight is 389 g/mol. The Morgan fingerprint density at radius 1 is 1.04 bits per heavy atom. The highest BCUT2D eigenvalue weighted by molar-refractivity contribution is 6.32. The van der Waals surface area contributed by atoms with E-state index in [1.54, 1.807) is 0 Å². The molecule has 0 spiro atoms. The summed E-state index contributed by atoms with van der Waals surface area (Å²) >= 11 is 5.66. The van der Waals surface area contributed by atoms with Gasteiger partial charge >= 0.3 is 6.18 Å². The second-order valence-corrected chi connectivity index (χ2v) is 5.23. The number of nitro benzene ring substituents is 2. The molecule has 0 saturated heterocycles. The largest absolute Gasteiger partial charge is 0.416 e. The Balaban J connectivity index is 2.26. The van der Waals surface area contributed by atoms with Crippen LogP contribution in [-0.2, 0) is 6.18 Å². The quantitative estimate of drug-likeness (QED) is 0.456. The standard InChI is InChI=1S/C14H8ClF3N4O4/c15-10-3-1-8(5-12(10)21(23)24)7-19-20-11-4-2-9(14(16,17)18)6-13(11)22(25)26/h1-7,20H/b19-7+. The summed E-state index contributed by atoms with van der Waals surface area (Å²) in [5.74, 6) is 0. The van der Waals surface area contributed by atoms with E-state index in [1.807, 2.05) is 0 Å². The minimum absolute atomic E-state index is 0.0847. The molecule has 0 bridgehead atoms. The number of benzene rings is 2. The summed E-state index contributed by atoms with van der Waals surface area (Å²) in [6.45, 7) is 0. The van der Waals surface area contributed by atoms with Gasteiger partial charge in [-0.15, -0.1) is 0 Å². The fourth-order valence-electron chi connectivity index (χ4n) is 1.88. The number of anilines is 1. The molecule has 2 aromatic carbocycles. The Kier molecular flexibility index (Phi) is 5.41. The lowest BCUT2D eigenvalue weighted by atomic mass is 10.1. The molecule has 0 radical (unpaired) electrons. The lowest BCUT2D eigenvalue weighted by Crippen LogP contribution is -2.06. The highest BCUT2D eigenvalue weighted by atomic mass is 35.5. The number of halogens is 4. The van der Waals surface area contributed by atoms with E-state index in [-0.39, 0.29) is 22.0 Å². The molecule has 0 aliphatic carbocycles. The molecule has 0 aromatic heterocycles. The average Bonchev–Trinajstić information content (AvgIpc) is 2.55. The van der Waals surface area contributed by atoms with Gasteiger partial charge in [-0.3, -0.25) is 25.7 Å². The number of hydrazone groups is 1. The fourth-order valence-corrected chi connectivity index (χ4v) is 2.07. The molecule has 0 aliphatic heterocycles. The summed E-state index contributed by atoms with van der Waals surface area (Å²) in [6, 6.07) is 5.70. The molecule has 8 nitrogen and oxygen atoms in total. The number of hydrogen-bond donors (Lipinski definition) is 1. The van der Waals surface area contributed by atoms with E-state index in [2.05, 4.69) is 10.5 Å². The van der Waals surface area contributed by atoms with Crippen molar-refractivity contribution < 1.29 is 23.0 Å². The first-order valence-corrected chi connectivity index (χ1v) is 7.06. The van der Waals surface area contributed by atoms with Crippen molar-refractivity contribution in [1.29, 1.82) is 0 Å². The number of hydrogen-bond acceptors (Lipinski definition) is 6. The number of rotatable bonds is 5. The van der Waals surface area contributed by atoms with Crippen LogP contribution < -0.4 is 5.43 Å². The van der Waals surface area contributed by atoms with Crippen molar-refractivity contribution in [1.82, 2.24) is 0 Å². The van der Waals surface area contributed by atoms with E-state index in [9.17, 15) is 33.4 Å². The third-order valence-corrected chi connectivity index (χ3v) is 3.41. The van der Waals surface area contributed by atoms with Gasteiger partial charge in [0.25, 0.3) is 11.4 Å². The zero-order chi connectivity index (χ0) is 19.5. The second kappa shape index (κ2) is 7.35. The molecule has 0 atom stereocenters. The van der Waals surface area contributed by atoms with Gasteiger partial charge in [0.05, 0.1) is 21.6 Å². The number of alkyl halides is 3. The van der Waals surface area contributed by atoms with Gasteiger partial charge in [0.1, 0.15) is 10.7 Å².